The van der Waals surface area contributed by atoms with Crippen molar-refractivity contribution in [2.75, 3.05) is 0 Å². The second-order valence-electron chi connectivity index (χ2n) is 4.45. The number of imidazole rings is 1. The molecule has 1 aromatic carbocycles. The minimum atomic E-state index is -1.32. The molecule has 21 heavy (non-hydrogen) atoms. The van der Waals surface area contributed by atoms with Crippen LogP contribution in [0.2, 0.25) is 0 Å². The molecule has 0 bridgehead atoms. The Morgan fingerprint density at radius 1 is 1.38 bits per heavy atom. The molecule has 0 aliphatic carbocycles. The van der Waals surface area contributed by atoms with Crippen molar-refractivity contribution in [2.24, 2.45) is 0 Å². The van der Waals surface area contributed by atoms with E-state index >= 15 is 0 Å². The fraction of sp³-hybridized carbons (Fsp3) is 0.0714. The van der Waals surface area contributed by atoms with E-state index in [0.29, 0.717) is 5.16 Å². The van der Waals surface area contributed by atoms with Crippen molar-refractivity contribution in [3.05, 3.63) is 47.4 Å². The van der Waals surface area contributed by atoms with Crippen molar-refractivity contribution in [1.82, 2.24) is 15.0 Å². The minimum Gasteiger partial charge on any atom is -0.478 e. The molecule has 106 valence electrons. The molecule has 0 atom stereocenters. The lowest BCUT2D eigenvalue weighted by molar-refractivity contribution is 0.0691. The zero-order valence-electron chi connectivity index (χ0n) is 10.9. The summed E-state index contributed by atoms with van der Waals surface area (Å²) in [5, 5.41) is 9.34. The standard InChI is InChI=1S/C14H10FN3O2S/c1-7-2-3-9-10(6-7)18-14(17-9)21-12-11(15)8(13(19)20)4-5-16-12/h2-6H,1H3,(H,17,18)(H,19,20). The van der Waals surface area contributed by atoms with Gasteiger partial charge in [-0.25, -0.2) is 19.2 Å². The van der Waals surface area contributed by atoms with Gasteiger partial charge in [0.25, 0.3) is 0 Å². The predicted octanol–water partition coefficient (Wildman–Crippen LogP) is 3.25. The van der Waals surface area contributed by atoms with E-state index in [0.717, 1.165) is 34.4 Å². The molecule has 0 fully saturated rings. The number of carboxylic acid groups (broad SMARTS) is 1. The highest BCUT2D eigenvalue weighted by Gasteiger charge is 2.17. The van der Waals surface area contributed by atoms with Crippen molar-refractivity contribution in [1.29, 1.82) is 0 Å². The number of aromatic nitrogens is 3. The number of fused-ring (bicyclic) bond motifs is 1. The van der Waals surface area contributed by atoms with Gasteiger partial charge in [-0.05, 0) is 42.4 Å². The first-order valence-corrected chi connectivity index (χ1v) is 6.88. The molecule has 0 saturated heterocycles. The monoisotopic (exact) mass is 303 g/mol. The fourth-order valence-corrected chi connectivity index (χ4v) is 2.70. The summed E-state index contributed by atoms with van der Waals surface area (Å²) in [5.74, 6) is -2.18. The Balaban J connectivity index is 1.98. The molecule has 0 unspecified atom stereocenters. The molecule has 0 amide bonds. The molecular weight excluding hydrogens is 293 g/mol. The number of H-pyrrole nitrogens is 1. The number of hydrogen-bond acceptors (Lipinski definition) is 4. The van der Waals surface area contributed by atoms with Crippen LogP contribution >= 0.6 is 11.8 Å². The van der Waals surface area contributed by atoms with Crippen LogP contribution in [0.3, 0.4) is 0 Å². The van der Waals surface area contributed by atoms with Crippen LogP contribution in [0.4, 0.5) is 4.39 Å². The van der Waals surface area contributed by atoms with Crippen LogP contribution in [0.15, 0.2) is 40.6 Å². The summed E-state index contributed by atoms with van der Waals surface area (Å²) in [6, 6.07) is 6.86. The number of nitrogens with one attached hydrogen (secondary N) is 1. The highest BCUT2D eigenvalue weighted by molar-refractivity contribution is 7.99. The molecule has 0 saturated carbocycles. The Labute approximate surface area is 123 Å². The summed E-state index contributed by atoms with van der Waals surface area (Å²) >= 11 is 0.961. The Hall–Kier alpha value is -2.41. The molecule has 0 radical (unpaired) electrons. The van der Waals surface area contributed by atoms with Crippen LogP contribution in [0.25, 0.3) is 11.0 Å². The molecule has 5 nitrogen and oxygen atoms in total. The van der Waals surface area contributed by atoms with Crippen molar-refractivity contribution in [2.45, 2.75) is 17.1 Å². The van der Waals surface area contributed by atoms with Gasteiger partial charge in [-0.15, -0.1) is 0 Å². The number of pyridine rings is 1. The predicted molar refractivity (Wildman–Crippen MR) is 76.1 cm³/mol. The van der Waals surface area contributed by atoms with Gasteiger partial charge in [-0.2, -0.15) is 0 Å². The normalized spacial score (nSPS) is 11.0. The van der Waals surface area contributed by atoms with E-state index in [-0.39, 0.29) is 5.03 Å². The van der Waals surface area contributed by atoms with Gasteiger partial charge >= 0.3 is 5.97 Å². The van der Waals surface area contributed by atoms with Crippen LogP contribution in [0.1, 0.15) is 15.9 Å². The van der Waals surface area contributed by atoms with Crippen LogP contribution in [0.5, 0.6) is 0 Å². The number of benzene rings is 1. The van der Waals surface area contributed by atoms with Gasteiger partial charge in [0, 0.05) is 6.20 Å². The third-order valence-corrected chi connectivity index (χ3v) is 3.76. The van der Waals surface area contributed by atoms with Gasteiger partial charge in [-0.3, -0.25) is 0 Å². The molecule has 2 N–H and O–H groups in total. The van der Waals surface area contributed by atoms with Gasteiger partial charge in [0.2, 0.25) is 0 Å². The number of aromatic amines is 1. The summed E-state index contributed by atoms with van der Waals surface area (Å²) in [5.41, 5.74) is 2.28. The Kier molecular flexibility index (Phi) is 3.34. The third kappa shape index (κ3) is 2.59. The average molecular weight is 303 g/mol. The van der Waals surface area contributed by atoms with Crippen molar-refractivity contribution in [3.8, 4) is 0 Å². The highest BCUT2D eigenvalue weighted by atomic mass is 32.2. The van der Waals surface area contributed by atoms with Gasteiger partial charge in [0.05, 0.1) is 16.6 Å². The SMILES string of the molecule is Cc1ccc2nc(Sc3nccc(C(=O)O)c3F)[nH]c2c1. The average Bonchev–Trinajstić information content (AvgIpc) is 2.82. The van der Waals surface area contributed by atoms with Crippen molar-refractivity contribution < 1.29 is 14.3 Å². The third-order valence-electron chi connectivity index (χ3n) is 2.90. The lowest BCUT2D eigenvalue weighted by Crippen LogP contribution is -2.02. The number of carbonyl (C=O) groups is 1. The summed E-state index contributed by atoms with van der Waals surface area (Å²) < 4.78 is 14.0. The van der Waals surface area contributed by atoms with E-state index in [1.54, 1.807) is 0 Å². The Morgan fingerprint density at radius 3 is 2.95 bits per heavy atom. The summed E-state index contributed by atoms with van der Waals surface area (Å²) in [4.78, 5) is 22.1. The van der Waals surface area contributed by atoms with E-state index in [1.165, 1.54) is 6.20 Å². The highest BCUT2D eigenvalue weighted by Crippen LogP contribution is 2.29. The maximum absolute atomic E-state index is 14.0. The van der Waals surface area contributed by atoms with Crippen LogP contribution in [0, 0.1) is 12.7 Å². The molecular formula is C14H10FN3O2S. The quantitative estimate of drug-likeness (QED) is 0.776. The van der Waals surface area contributed by atoms with Gasteiger partial charge in [-0.1, -0.05) is 6.07 Å². The Morgan fingerprint density at radius 2 is 2.19 bits per heavy atom. The van der Waals surface area contributed by atoms with Crippen LogP contribution in [-0.2, 0) is 0 Å². The summed E-state index contributed by atoms with van der Waals surface area (Å²) in [7, 11) is 0. The van der Waals surface area contributed by atoms with E-state index in [1.807, 2.05) is 25.1 Å². The zero-order valence-corrected chi connectivity index (χ0v) is 11.7. The number of aromatic carboxylic acids is 1. The molecule has 0 aliphatic rings. The van der Waals surface area contributed by atoms with Gasteiger partial charge in [0.1, 0.15) is 5.03 Å². The number of aryl methyl sites for hydroxylation is 1. The lowest BCUT2D eigenvalue weighted by Gasteiger charge is -2.01. The van der Waals surface area contributed by atoms with E-state index in [4.69, 9.17) is 5.11 Å². The first-order valence-electron chi connectivity index (χ1n) is 6.06. The second-order valence-corrected chi connectivity index (χ2v) is 5.42. The molecule has 2 aromatic heterocycles. The van der Waals surface area contributed by atoms with Gasteiger partial charge in [0.15, 0.2) is 11.0 Å². The summed E-state index contributed by atoms with van der Waals surface area (Å²) in [6.45, 7) is 1.96. The molecule has 3 rings (SSSR count). The van der Waals surface area contributed by atoms with Crippen molar-refractivity contribution >= 4 is 28.8 Å². The topological polar surface area (TPSA) is 78.9 Å². The van der Waals surface area contributed by atoms with Crippen LogP contribution < -0.4 is 0 Å². The molecule has 7 heteroatoms. The molecule has 0 aliphatic heterocycles. The van der Waals surface area contributed by atoms with Crippen molar-refractivity contribution in [3.63, 3.8) is 0 Å². The minimum absolute atomic E-state index is 0.0225. The number of carboxylic acids is 1. The first-order chi connectivity index (χ1) is 10.0. The molecule has 2 heterocycles. The van der Waals surface area contributed by atoms with E-state index in [9.17, 15) is 9.18 Å². The zero-order chi connectivity index (χ0) is 15.0. The smallest absolute Gasteiger partial charge is 0.338 e. The molecule has 0 spiro atoms. The Bertz CT molecular complexity index is 847. The van der Waals surface area contributed by atoms with Crippen LogP contribution in [-0.4, -0.2) is 26.0 Å². The maximum atomic E-state index is 14.0. The lowest BCUT2D eigenvalue weighted by atomic mass is 10.2. The summed E-state index contributed by atoms with van der Waals surface area (Å²) in [6.07, 6.45) is 1.27. The second kappa shape index (κ2) is 5.17. The fourth-order valence-electron chi connectivity index (χ4n) is 1.90. The number of halogens is 1. The molecule has 3 aromatic rings. The maximum Gasteiger partial charge on any atom is 0.338 e. The van der Waals surface area contributed by atoms with E-state index < -0.39 is 17.3 Å². The first kappa shape index (κ1) is 13.6. The van der Waals surface area contributed by atoms with Gasteiger partial charge < -0.3 is 10.1 Å². The largest absolute Gasteiger partial charge is 0.478 e. The number of nitrogens with zero attached hydrogens (tertiary/aromatic N) is 2. The van der Waals surface area contributed by atoms with E-state index in [2.05, 4.69) is 15.0 Å². The number of hydrogen-bond donors (Lipinski definition) is 2. The number of rotatable bonds is 3.